The van der Waals surface area contributed by atoms with E-state index in [1.165, 1.54) is 10.9 Å². The first-order valence-electron chi connectivity index (χ1n) is 6.93. The minimum Gasteiger partial charge on any atom is -0.481 e. The van der Waals surface area contributed by atoms with Crippen molar-refractivity contribution < 1.29 is 14.7 Å². The topological polar surface area (TPSA) is 88.3 Å². The third-order valence-corrected chi connectivity index (χ3v) is 4.02. The molecule has 2 rings (SSSR count). The molecule has 2 heterocycles. The van der Waals surface area contributed by atoms with E-state index >= 15 is 0 Å². The zero-order chi connectivity index (χ0) is 14.6. The lowest BCUT2D eigenvalue weighted by atomic mass is 9.75. The highest BCUT2D eigenvalue weighted by atomic mass is 16.4. The summed E-state index contributed by atoms with van der Waals surface area (Å²) < 4.78 is 1.48. The second-order valence-electron chi connectivity index (χ2n) is 5.32. The number of nitrogens with zero attached hydrogens (tertiary/aromatic N) is 4. The molecule has 0 bridgehead atoms. The predicted octanol–water partition coefficient (Wildman–Crippen LogP) is 0.772. The monoisotopic (exact) mass is 280 g/mol. The van der Waals surface area contributed by atoms with Crippen molar-refractivity contribution >= 4 is 11.9 Å². The van der Waals surface area contributed by atoms with Gasteiger partial charge in [0.05, 0.1) is 11.6 Å². The number of aromatic nitrogens is 3. The molecule has 1 fully saturated rings. The van der Waals surface area contributed by atoms with Gasteiger partial charge in [-0.05, 0) is 19.3 Å². The Balaban J connectivity index is 1.93. The summed E-state index contributed by atoms with van der Waals surface area (Å²) >= 11 is 0. The average Bonchev–Trinajstić information content (AvgIpc) is 2.92. The summed E-state index contributed by atoms with van der Waals surface area (Å²) in [5.41, 5.74) is -0.654. The van der Waals surface area contributed by atoms with E-state index < -0.39 is 11.4 Å². The normalized spacial score (nSPS) is 17.9. The van der Waals surface area contributed by atoms with Gasteiger partial charge in [-0.25, -0.2) is 4.68 Å². The lowest BCUT2D eigenvalue weighted by Crippen LogP contribution is -2.47. The Morgan fingerprint density at radius 3 is 2.55 bits per heavy atom. The summed E-state index contributed by atoms with van der Waals surface area (Å²) in [5.74, 6) is -0.770. The van der Waals surface area contributed by atoms with Crippen molar-refractivity contribution in [2.45, 2.75) is 39.2 Å². The van der Waals surface area contributed by atoms with Gasteiger partial charge >= 0.3 is 5.97 Å². The molecule has 110 valence electrons. The quantitative estimate of drug-likeness (QED) is 0.860. The predicted molar refractivity (Wildman–Crippen MR) is 70.8 cm³/mol. The van der Waals surface area contributed by atoms with Gasteiger partial charge in [0.1, 0.15) is 6.54 Å². The van der Waals surface area contributed by atoms with Crippen LogP contribution in [0, 0.1) is 5.41 Å². The maximum atomic E-state index is 12.1. The number of carbonyl (C=O) groups is 2. The van der Waals surface area contributed by atoms with E-state index in [1.54, 1.807) is 11.1 Å². The molecule has 0 unspecified atom stereocenters. The van der Waals surface area contributed by atoms with Crippen LogP contribution in [0.4, 0.5) is 0 Å². The van der Waals surface area contributed by atoms with Gasteiger partial charge in [-0.15, -0.1) is 5.10 Å². The van der Waals surface area contributed by atoms with Gasteiger partial charge in [0, 0.05) is 19.3 Å². The highest BCUT2D eigenvalue weighted by molar-refractivity contribution is 5.78. The molecule has 7 heteroatoms. The number of hydrogen-bond donors (Lipinski definition) is 1. The number of hydrogen-bond acceptors (Lipinski definition) is 4. The Bertz CT molecular complexity index is 464. The second kappa shape index (κ2) is 6.02. The SMILES string of the molecule is CCCC1(C(=O)O)CCN(C(=O)Cn2ccnn2)CC1. The second-order valence-corrected chi connectivity index (χ2v) is 5.32. The molecule has 1 amide bonds. The lowest BCUT2D eigenvalue weighted by Gasteiger charge is -2.38. The van der Waals surface area contributed by atoms with Crippen molar-refractivity contribution in [3.05, 3.63) is 12.4 Å². The molecule has 1 aliphatic heterocycles. The Kier molecular flexibility index (Phi) is 4.36. The first kappa shape index (κ1) is 14.5. The average molecular weight is 280 g/mol. The Hall–Kier alpha value is -1.92. The maximum Gasteiger partial charge on any atom is 0.309 e. The van der Waals surface area contributed by atoms with E-state index in [-0.39, 0.29) is 12.5 Å². The van der Waals surface area contributed by atoms with Crippen LogP contribution >= 0.6 is 0 Å². The van der Waals surface area contributed by atoms with Crippen LogP contribution in [0.5, 0.6) is 0 Å². The van der Waals surface area contributed by atoms with Crippen LogP contribution in [-0.2, 0) is 16.1 Å². The van der Waals surface area contributed by atoms with Crippen molar-refractivity contribution in [2.24, 2.45) is 5.41 Å². The number of piperidine rings is 1. The smallest absolute Gasteiger partial charge is 0.309 e. The van der Waals surface area contributed by atoms with Crippen molar-refractivity contribution in [1.82, 2.24) is 19.9 Å². The molecule has 0 aliphatic carbocycles. The summed E-state index contributed by atoms with van der Waals surface area (Å²) in [6.07, 6.45) is 5.74. The highest BCUT2D eigenvalue weighted by Crippen LogP contribution is 2.36. The van der Waals surface area contributed by atoms with Crippen LogP contribution in [0.2, 0.25) is 0 Å². The molecule has 7 nitrogen and oxygen atoms in total. The van der Waals surface area contributed by atoms with Gasteiger partial charge in [0.15, 0.2) is 0 Å². The maximum absolute atomic E-state index is 12.1. The van der Waals surface area contributed by atoms with Crippen molar-refractivity contribution in [3.63, 3.8) is 0 Å². The summed E-state index contributed by atoms with van der Waals surface area (Å²) in [6, 6.07) is 0. The number of carboxylic acid groups (broad SMARTS) is 1. The first-order chi connectivity index (χ1) is 9.57. The summed E-state index contributed by atoms with van der Waals surface area (Å²) in [4.78, 5) is 25.3. The molecule has 1 aromatic rings. The van der Waals surface area contributed by atoms with Crippen LogP contribution in [-0.4, -0.2) is 50.0 Å². The van der Waals surface area contributed by atoms with Crippen molar-refractivity contribution in [2.75, 3.05) is 13.1 Å². The van der Waals surface area contributed by atoms with E-state index in [9.17, 15) is 14.7 Å². The van der Waals surface area contributed by atoms with Crippen LogP contribution in [0.3, 0.4) is 0 Å². The zero-order valence-electron chi connectivity index (χ0n) is 11.7. The molecule has 1 saturated heterocycles. The van der Waals surface area contributed by atoms with E-state index in [0.29, 0.717) is 32.4 Å². The molecule has 0 saturated carbocycles. The Labute approximate surface area is 117 Å². The minimum atomic E-state index is -0.734. The lowest BCUT2D eigenvalue weighted by molar-refractivity contribution is -0.155. The van der Waals surface area contributed by atoms with Gasteiger partial charge in [-0.2, -0.15) is 0 Å². The summed E-state index contributed by atoms with van der Waals surface area (Å²) in [5, 5.41) is 16.8. The molecular formula is C13H20N4O3. The summed E-state index contributed by atoms with van der Waals surface area (Å²) in [6.45, 7) is 3.15. The molecule has 1 N–H and O–H groups in total. The molecule has 0 radical (unpaired) electrons. The molecule has 20 heavy (non-hydrogen) atoms. The number of amides is 1. The van der Waals surface area contributed by atoms with Gasteiger partial charge in [0.25, 0.3) is 0 Å². The van der Waals surface area contributed by atoms with Crippen LogP contribution in [0.15, 0.2) is 12.4 Å². The van der Waals surface area contributed by atoms with Gasteiger partial charge in [-0.3, -0.25) is 9.59 Å². The van der Waals surface area contributed by atoms with Crippen LogP contribution in [0.25, 0.3) is 0 Å². The molecule has 0 spiro atoms. The number of carbonyl (C=O) groups excluding carboxylic acids is 1. The number of likely N-dealkylation sites (tertiary alicyclic amines) is 1. The fourth-order valence-corrected chi connectivity index (χ4v) is 2.79. The molecule has 0 atom stereocenters. The number of rotatable bonds is 5. The van der Waals surface area contributed by atoms with Gasteiger partial charge < -0.3 is 10.0 Å². The summed E-state index contributed by atoms with van der Waals surface area (Å²) in [7, 11) is 0. The van der Waals surface area contributed by atoms with E-state index in [0.717, 1.165) is 6.42 Å². The highest BCUT2D eigenvalue weighted by Gasteiger charge is 2.41. The van der Waals surface area contributed by atoms with E-state index in [1.807, 2.05) is 6.92 Å². The van der Waals surface area contributed by atoms with Crippen molar-refractivity contribution in [1.29, 1.82) is 0 Å². The van der Waals surface area contributed by atoms with E-state index in [4.69, 9.17) is 0 Å². The third-order valence-electron chi connectivity index (χ3n) is 4.02. The molecular weight excluding hydrogens is 260 g/mol. The third kappa shape index (κ3) is 2.97. The fourth-order valence-electron chi connectivity index (χ4n) is 2.79. The molecule has 1 aromatic heterocycles. The zero-order valence-corrected chi connectivity index (χ0v) is 11.7. The Morgan fingerprint density at radius 2 is 2.05 bits per heavy atom. The first-order valence-corrected chi connectivity index (χ1v) is 6.93. The largest absolute Gasteiger partial charge is 0.481 e. The standard InChI is InChI=1S/C13H20N4O3/c1-2-3-13(12(19)20)4-7-16(8-5-13)11(18)10-17-9-6-14-15-17/h6,9H,2-5,7-8,10H2,1H3,(H,19,20). The fraction of sp³-hybridized carbons (Fsp3) is 0.692. The van der Waals surface area contributed by atoms with Crippen molar-refractivity contribution in [3.8, 4) is 0 Å². The van der Waals surface area contributed by atoms with Gasteiger partial charge in [-0.1, -0.05) is 18.6 Å². The number of aliphatic carboxylic acids is 1. The molecule has 0 aromatic carbocycles. The van der Waals surface area contributed by atoms with E-state index in [2.05, 4.69) is 10.3 Å². The Morgan fingerprint density at radius 1 is 1.35 bits per heavy atom. The van der Waals surface area contributed by atoms with Crippen LogP contribution in [0.1, 0.15) is 32.6 Å². The van der Waals surface area contributed by atoms with Gasteiger partial charge in [0.2, 0.25) is 5.91 Å². The molecule has 1 aliphatic rings. The number of carboxylic acids is 1. The minimum absolute atomic E-state index is 0.0361. The van der Waals surface area contributed by atoms with Crippen LogP contribution < -0.4 is 0 Å².